The maximum atomic E-state index is 12.2. The predicted octanol–water partition coefficient (Wildman–Crippen LogP) is 2.69. The van der Waals surface area contributed by atoms with Crippen LogP contribution in [0.4, 0.5) is 0 Å². The molecule has 0 bridgehead atoms. The number of quaternary nitrogens is 1. The molecule has 1 aliphatic heterocycles. The van der Waals surface area contributed by atoms with Crippen molar-refractivity contribution in [1.82, 2.24) is 8.75 Å². The van der Waals surface area contributed by atoms with Crippen molar-refractivity contribution in [1.29, 1.82) is 0 Å². The summed E-state index contributed by atoms with van der Waals surface area (Å²) in [5.74, 6) is 0.282. The maximum Gasteiger partial charge on any atom is 0.327 e. The van der Waals surface area contributed by atoms with Gasteiger partial charge >= 0.3 is 5.97 Å². The quantitative estimate of drug-likeness (QED) is 0.260. The molecule has 2 heterocycles. The molecule has 2 rings (SSSR count). The number of hydrogen-bond donors (Lipinski definition) is 2. The Morgan fingerprint density at radius 3 is 2.87 bits per heavy atom. The largest absolute Gasteiger partial charge is 0.475 e. The molecule has 170 valence electrons. The van der Waals surface area contributed by atoms with Crippen molar-refractivity contribution in [3.8, 4) is 5.88 Å². The fourth-order valence-corrected chi connectivity index (χ4v) is 4.04. The lowest BCUT2D eigenvalue weighted by molar-refractivity contribution is -0.919. The average Bonchev–Trinajstić information content (AvgIpc) is 3.20. The first-order valence-electron chi connectivity index (χ1n) is 11.1. The molecule has 0 saturated heterocycles. The molecule has 0 fully saturated rings. The van der Waals surface area contributed by atoms with Gasteiger partial charge in [0.15, 0.2) is 0 Å². The molecule has 1 aliphatic rings. The molecule has 1 aromatic rings. The molecule has 0 saturated carbocycles. The van der Waals surface area contributed by atoms with E-state index in [-0.39, 0.29) is 5.97 Å². The number of hydrogen-bond acceptors (Lipinski definition) is 8. The predicted molar refractivity (Wildman–Crippen MR) is 120 cm³/mol. The van der Waals surface area contributed by atoms with Crippen LogP contribution in [0.15, 0.2) is 6.08 Å². The van der Waals surface area contributed by atoms with Gasteiger partial charge in [-0.3, -0.25) is 9.28 Å². The zero-order chi connectivity index (χ0) is 21.8. The van der Waals surface area contributed by atoms with Gasteiger partial charge < -0.3 is 20.9 Å². The third kappa shape index (κ3) is 7.94. The van der Waals surface area contributed by atoms with Crippen LogP contribution >= 0.6 is 11.7 Å². The summed E-state index contributed by atoms with van der Waals surface area (Å²) in [7, 11) is 2.09. The highest BCUT2D eigenvalue weighted by molar-refractivity contribution is 6.99. The number of aromatic nitrogens is 2. The van der Waals surface area contributed by atoms with E-state index in [1.54, 1.807) is 0 Å². The Morgan fingerprint density at radius 1 is 1.27 bits per heavy atom. The van der Waals surface area contributed by atoms with Gasteiger partial charge in [0.25, 0.3) is 5.88 Å². The van der Waals surface area contributed by atoms with Crippen molar-refractivity contribution in [2.24, 2.45) is 11.5 Å². The highest BCUT2D eigenvalue weighted by atomic mass is 32.1. The number of carbonyl (C=O) groups excluding carboxylic acids is 1. The van der Waals surface area contributed by atoms with E-state index in [9.17, 15) is 4.79 Å². The molecule has 0 radical (unpaired) electrons. The molecule has 0 aliphatic carbocycles. The monoisotopic (exact) mass is 440 g/mol. The Labute approximate surface area is 184 Å². The molecule has 1 aromatic heterocycles. The summed E-state index contributed by atoms with van der Waals surface area (Å²) in [6, 6.07) is -0.585. The van der Waals surface area contributed by atoms with E-state index in [0.29, 0.717) is 43.2 Å². The molecule has 0 amide bonds. The molecule has 0 aromatic carbocycles. The van der Waals surface area contributed by atoms with Gasteiger partial charge in [-0.15, -0.1) is 4.37 Å². The van der Waals surface area contributed by atoms with E-state index in [4.69, 9.17) is 20.9 Å². The van der Waals surface area contributed by atoms with Crippen molar-refractivity contribution in [2.45, 2.75) is 64.3 Å². The van der Waals surface area contributed by atoms with Crippen molar-refractivity contribution in [2.75, 3.05) is 40.0 Å². The Hall–Kier alpha value is -1.55. The SMILES string of the molecule is CCCCCCOc1nsnc1C1=CCC[N+](C)(COC(=O)[C@@H](N)CCCCN)C1. The average molecular weight is 441 g/mol. The molecule has 1 unspecified atom stereocenters. The van der Waals surface area contributed by atoms with Crippen LogP contribution < -0.4 is 16.2 Å². The summed E-state index contributed by atoms with van der Waals surface area (Å²) in [4.78, 5) is 12.2. The normalized spacial score (nSPS) is 19.9. The van der Waals surface area contributed by atoms with Crippen LogP contribution in [-0.2, 0) is 9.53 Å². The van der Waals surface area contributed by atoms with Crippen LogP contribution in [0.3, 0.4) is 0 Å². The van der Waals surface area contributed by atoms with Crippen LogP contribution in [0.5, 0.6) is 5.88 Å². The number of carbonyl (C=O) groups is 1. The van der Waals surface area contributed by atoms with E-state index in [1.807, 2.05) is 0 Å². The van der Waals surface area contributed by atoms with E-state index < -0.39 is 6.04 Å². The van der Waals surface area contributed by atoms with Gasteiger partial charge in [-0.1, -0.05) is 38.7 Å². The molecular formula is C21H38N5O3S+. The number of nitrogens with zero attached hydrogens (tertiary/aromatic N) is 3. The first kappa shape index (κ1) is 24.7. The number of rotatable bonds is 14. The lowest BCUT2D eigenvalue weighted by Gasteiger charge is -2.36. The molecule has 8 nitrogen and oxygen atoms in total. The van der Waals surface area contributed by atoms with E-state index >= 15 is 0 Å². The van der Waals surface area contributed by atoms with Gasteiger partial charge in [0.05, 0.1) is 31.9 Å². The lowest BCUT2D eigenvalue weighted by atomic mass is 10.1. The van der Waals surface area contributed by atoms with Crippen molar-refractivity contribution >= 4 is 23.3 Å². The van der Waals surface area contributed by atoms with E-state index in [2.05, 4.69) is 28.8 Å². The van der Waals surface area contributed by atoms with Gasteiger partial charge in [0.2, 0.25) is 6.73 Å². The molecular weight excluding hydrogens is 402 g/mol. The lowest BCUT2D eigenvalue weighted by Crippen LogP contribution is -2.50. The van der Waals surface area contributed by atoms with Gasteiger partial charge in [-0.2, -0.15) is 4.37 Å². The number of ether oxygens (including phenoxy) is 2. The maximum absolute atomic E-state index is 12.2. The topological polar surface area (TPSA) is 113 Å². The van der Waals surface area contributed by atoms with Crippen LogP contribution in [0.25, 0.3) is 5.57 Å². The minimum Gasteiger partial charge on any atom is -0.475 e. The number of likely N-dealkylation sites (N-methyl/N-ethyl adjacent to an activating group) is 1. The van der Waals surface area contributed by atoms with Gasteiger partial charge in [-0.05, 0) is 25.8 Å². The first-order chi connectivity index (χ1) is 14.5. The zero-order valence-electron chi connectivity index (χ0n) is 18.5. The molecule has 0 spiro atoms. The van der Waals surface area contributed by atoms with Crippen LogP contribution in [-0.4, -0.2) is 65.3 Å². The Morgan fingerprint density at radius 2 is 2.10 bits per heavy atom. The van der Waals surface area contributed by atoms with E-state index in [0.717, 1.165) is 43.5 Å². The number of nitrogens with two attached hydrogens (primary N) is 2. The fourth-order valence-electron chi connectivity index (χ4n) is 3.51. The zero-order valence-corrected chi connectivity index (χ0v) is 19.3. The third-order valence-corrected chi connectivity index (χ3v) is 5.91. The number of unbranched alkanes of at least 4 members (excludes halogenated alkanes) is 4. The van der Waals surface area contributed by atoms with Gasteiger partial charge in [-0.25, -0.2) is 0 Å². The summed E-state index contributed by atoms with van der Waals surface area (Å²) in [5, 5.41) is 0. The van der Waals surface area contributed by atoms with Crippen molar-refractivity contribution < 1.29 is 18.8 Å². The summed E-state index contributed by atoms with van der Waals surface area (Å²) in [6.07, 6.45) is 10.0. The van der Waals surface area contributed by atoms with Gasteiger partial charge in [0, 0.05) is 12.0 Å². The Kier molecular flexibility index (Phi) is 10.7. The summed E-state index contributed by atoms with van der Waals surface area (Å²) < 4.78 is 20.9. The first-order valence-corrected chi connectivity index (χ1v) is 11.8. The highest BCUT2D eigenvalue weighted by Gasteiger charge is 2.31. The second kappa shape index (κ2) is 13.0. The minimum atomic E-state index is -0.585. The van der Waals surface area contributed by atoms with Crippen LogP contribution in [0.2, 0.25) is 0 Å². The summed E-state index contributed by atoms with van der Waals surface area (Å²) >= 11 is 1.18. The number of esters is 1. The third-order valence-electron chi connectivity index (χ3n) is 5.40. The Balaban J connectivity index is 1.86. The summed E-state index contributed by atoms with van der Waals surface area (Å²) in [6.45, 7) is 5.38. The van der Waals surface area contributed by atoms with Crippen molar-refractivity contribution in [3.63, 3.8) is 0 Å². The van der Waals surface area contributed by atoms with Crippen LogP contribution in [0.1, 0.15) is 64.0 Å². The minimum absolute atomic E-state index is 0.297. The molecule has 9 heteroatoms. The van der Waals surface area contributed by atoms with E-state index in [1.165, 1.54) is 31.0 Å². The standard InChI is InChI=1S/C21H38N5O3S/c1-3-4-5-8-14-28-20-19(24-30-25-20)17-10-9-13-26(2,15-17)16-29-21(27)18(23)11-6-7-12-22/h10,18H,3-9,11-16,22-23H2,1-2H3/q+1/t18-,26?/m0/s1. The second-order valence-electron chi connectivity index (χ2n) is 8.33. The highest BCUT2D eigenvalue weighted by Crippen LogP contribution is 2.30. The smallest absolute Gasteiger partial charge is 0.327 e. The Bertz CT molecular complexity index is 681. The molecule has 4 N–H and O–H groups in total. The molecule has 30 heavy (non-hydrogen) atoms. The molecule has 2 atom stereocenters. The summed E-state index contributed by atoms with van der Waals surface area (Å²) in [5.41, 5.74) is 13.4. The van der Waals surface area contributed by atoms with Crippen LogP contribution in [0, 0.1) is 0 Å². The fraction of sp³-hybridized carbons (Fsp3) is 0.762. The second-order valence-corrected chi connectivity index (χ2v) is 8.86. The van der Waals surface area contributed by atoms with Crippen molar-refractivity contribution in [3.05, 3.63) is 11.8 Å². The van der Waals surface area contributed by atoms with Gasteiger partial charge in [0.1, 0.15) is 18.3 Å².